The number of hydrogen-bond acceptors (Lipinski definition) is 15. The Hall–Kier alpha value is -7.13. The zero-order valence-corrected chi connectivity index (χ0v) is 40.2. The number of nitrogens with two attached hydrogens (primary N) is 5. The first kappa shape index (κ1) is 56.5. The topological polar surface area (TPSA) is 429 Å². The number of benzene rings is 2. The van der Waals surface area contributed by atoms with Gasteiger partial charge in [0.25, 0.3) is 0 Å². The predicted octanol–water partition coefficient (Wildman–Crippen LogP) is -3.92. The van der Waals surface area contributed by atoms with Crippen molar-refractivity contribution in [2.24, 2.45) is 33.7 Å². The van der Waals surface area contributed by atoms with Crippen LogP contribution in [0.2, 0.25) is 0 Å². The van der Waals surface area contributed by atoms with Gasteiger partial charge in [-0.15, -0.1) is 0 Å². The van der Waals surface area contributed by atoms with Gasteiger partial charge >= 0.3 is 5.97 Å². The molecule has 0 spiro atoms. The maximum atomic E-state index is 14.4. The number of nitrogens with one attached hydrogen (secondary N) is 6. The number of guanidine groups is 1. The van der Waals surface area contributed by atoms with Crippen molar-refractivity contribution in [2.75, 3.05) is 24.6 Å². The summed E-state index contributed by atoms with van der Waals surface area (Å²) in [6.45, 7) is 0.109. The number of aliphatic imine (C=N–C) groups is 1. The van der Waals surface area contributed by atoms with Crippen molar-refractivity contribution in [2.45, 2.75) is 106 Å². The van der Waals surface area contributed by atoms with Gasteiger partial charge in [0.05, 0.1) is 12.5 Å². The number of aromatic hydroxyl groups is 1. The van der Waals surface area contributed by atoms with E-state index < -0.39 is 127 Å². The molecular formula is C44H61N13O12S2. The number of carbonyl (C=O) groups is 10. The second kappa shape index (κ2) is 27.9. The summed E-state index contributed by atoms with van der Waals surface area (Å²) in [5.74, 6) is -10.2. The number of carboxylic acid groups (broad SMARTS) is 1. The molecule has 2 fully saturated rings. The minimum Gasteiger partial charge on any atom is -0.508 e. The van der Waals surface area contributed by atoms with Crippen LogP contribution in [0.5, 0.6) is 5.75 Å². The lowest BCUT2D eigenvalue weighted by Crippen LogP contribution is -2.61. The van der Waals surface area contributed by atoms with Gasteiger partial charge in [-0.2, -0.15) is 0 Å². The van der Waals surface area contributed by atoms with Gasteiger partial charge in [-0.25, -0.2) is 4.79 Å². The Bertz CT molecular complexity index is 2270. The quantitative estimate of drug-likeness (QED) is 0.0312. The van der Waals surface area contributed by atoms with Gasteiger partial charge in [-0.1, -0.05) is 64.1 Å². The van der Waals surface area contributed by atoms with Crippen LogP contribution in [-0.4, -0.2) is 153 Å². The van der Waals surface area contributed by atoms with Crippen molar-refractivity contribution in [3.63, 3.8) is 0 Å². The molecule has 0 saturated carbocycles. The maximum absolute atomic E-state index is 14.4. The van der Waals surface area contributed by atoms with Gasteiger partial charge in [-0.05, 0) is 55.4 Å². The van der Waals surface area contributed by atoms with Crippen molar-refractivity contribution in [1.82, 2.24) is 36.8 Å². The molecule has 27 heteroatoms. The molecule has 9 amide bonds. The molecule has 4 rings (SSSR count). The molecule has 25 nitrogen and oxygen atoms in total. The molecule has 0 aliphatic carbocycles. The first-order valence-corrected chi connectivity index (χ1v) is 25.0. The van der Waals surface area contributed by atoms with E-state index in [1.54, 1.807) is 30.3 Å². The van der Waals surface area contributed by atoms with Gasteiger partial charge in [0.15, 0.2) is 5.96 Å². The number of likely N-dealkylation sites (tertiary alicyclic amines) is 1. The number of carboxylic acids is 1. The van der Waals surface area contributed by atoms with Gasteiger partial charge in [0.1, 0.15) is 48.0 Å². The third-order valence-electron chi connectivity index (χ3n) is 11.2. The Kier molecular flexibility index (Phi) is 22.2. The zero-order valence-electron chi connectivity index (χ0n) is 38.6. The largest absolute Gasteiger partial charge is 0.508 e. The predicted molar refractivity (Wildman–Crippen MR) is 261 cm³/mol. The summed E-state index contributed by atoms with van der Waals surface area (Å²) in [7, 11) is 2.00. The average Bonchev–Trinajstić information content (AvgIpc) is 3.82. The molecule has 2 aromatic carbocycles. The molecule has 2 heterocycles. The fourth-order valence-corrected chi connectivity index (χ4v) is 9.77. The minimum absolute atomic E-state index is 0.0151. The van der Waals surface area contributed by atoms with Gasteiger partial charge in [0.2, 0.25) is 53.2 Å². The van der Waals surface area contributed by atoms with Gasteiger partial charge in [-0.3, -0.25) is 48.1 Å². The molecule has 2 aliphatic rings. The second-order valence-electron chi connectivity index (χ2n) is 16.8. The Morgan fingerprint density at radius 3 is 1.90 bits per heavy atom. The van der Waals surface area contributed by atoms with Gasteiger partial charge < -0.3 is 75.7 Å². The van der Waals surface area contributed by atoms with E-state index >= 15 is 0 Å². The lowest BCUT2D eigenvalue weighted by Gasteiger charge is -2.30. The Labute approximate surface area is 416 Å². The summed E-state index contributed by atoms with van der Waals surface area (Å²) < 4.78 is 0. The SMILES string of the molecule is NC(=O)CC[C@@H]1NC(=O)[C@H](Cc2ccccc2)NC(=O)C(Cc2ccc(O)cc2)NC(=O)[C@@H](N)CSSC[C@H](C(=O)N2CCC[C@@H]2C(=O)N[C@@H](CCCN=C(N)N)C(=O)O)NC(=O)C(CC(N)=O)NC1=O. The molecule has 2 unspecified atom stereocenters. The van der Waals surface area contributed by atoms with Crippen LogP contribution < -0.4 is 60.6 Å². The zero-order chi connectivity index (χ0) is 52.2. The second-order valence-corrected chi connectivity index (χ2v) is 19.3. The van der Waals surface area contributed by atoms with Crippen LogP contribution in [0.1, 0.15) is 56.1 Å². The van der Waals surface area contributed by atoms with Crippen LogP contribution in [0.25, 0.3) is 0 Å². The molecule has 0 radical (unpaired) electrons. The van der Waals surface area contributed by atoms with Crippen molar-refractivity contribution in [1.29, 1.82) is 0 Å². The third-order valence-corrected chi connectivity index (χ3v) is 13.6. The maximum Gasteiger partial charge on any atom is 0.326 e. The normalized spacial score (nSPS) is 23.3. The summed E-state index contributed by atoms with van der Waals surface area (Å²) in [5.41, 5.74) is 29.0. The minimum atomic E-state index is -1.78. The Morgan fingerprint density at radius 2 is 1.30 bits per heavy atom. The summed E-state index contributed by atoms with van der Waals surface area (Å²) in [6.07, 6.45) is -1.38. The fraction of sp³-hybridized carbons (Fsp3) is 0.477. The van der Waals surface area contributed by atoms with E-state index in [4.69, 9.17) is 28.7 Å². The van der Waals surface area contributed by atoms with Crippen LogP contribution in [0.15, 0.2) is 59.6 Å². The summed E-state index contributed by atoms with van der Waals surface area (Å²) >= 11 is 0. The van der Waals surface area contributed by atoms with E-state index in [-0.39, 0.29) is 68.4 Å². The van der Waals surface area contributed by atoms with E-state index in [9.17, 15) is 58.2 Å². The molecule has 386 valence electrons. The summed E-state index contributed by atoms with van der Waals surface area (Å²) in [6, 6.07) is 2.78. The van der Waals surface area contributed by atoms with Crippen LogP contribution in [-0.2, 0) is 60.8 Å². The lowest BCUT2D eigenvalue weighted by atomic mass is 10.0. The highest BCUT2D eigenvalue weighted by Crippen LogP contribution is 2.26. The van der Waals surface area contributed by atoms with Crippen LogP contribution >= 0.6 is 21.6 Å². The number of carbonyl (C=O) groups excluding carboxylic acids is 9. The van der Waals surface area contributed by atoms with Crippen molar-refractivity contribution in [3.8, 4) is 5.75 Å². The number of nitrogens with zero attached hydrogens (tertiary/aromatic N) is 2. The first-order chi connectivity index (χ1) is 33.7. The molecule has 71 heavy (non-hydrogen) atoms. The molecule has 18 N–H and O–H groups in total. The number of phenolic OH excluding ortho intramolecular Hbond substituents is 1. The number of primary amides is 2. The molecule has 0 bridgehead atoms. The molecule has 8 atom stereocenters. The van der Waals surface area contributed by atoms with E-state index in [0.717, 1.165) is 21.6 Å². The van der Waals surface area contributed by atoms with Gasteiger partial charge in [0, 0.05) is 43.9 Å². The number of amides is 9. The smallest absolute Gasteiger partial charge is 0.326 e. The summed E-state index contributed by atoms with van der Waals surface area (Å²) in [5, 5.41) is 34.9. The van der Waals surface area contributed by atoms with Crippen molar-refractivity contribution >= 4 is 86.7 Å². The Morgan fingerprint density at radius 1 is 0.732 bits per heavy atom. The van der Waals surface area contributed by atoms with Crippen molar-refractivity contribution in [3.05, 3.63) is 65.7 Å². The van der Waals surface area contributed by atoms with E-state index in [1.165, 1.54) is 29.2 Å². The third kappa shape index (κ3) is 18.6. The Balaban J connectivity index is 1.70. The number of phenols is 1. The lowest BCUT2D eigenvalue weighted by molar-refractivity contribution is -0.145. The van der Waals surface area contributed by atoms with Crippen LogP contribution in [0, 0.1) is 0 Å². The molecule has 2 aliphatic heterocycles. The highest BCUT2D eigenvalue weighted by atomic mass is 33.1. The molecular weight excluding hydrogens is 967 g/mol. The standard InChI is InChI=1S/C44H61N13O12S2/c45-26-21-70-71-22-32(42(67)57-17-5-9-33(57)41(66)52-28(43(68)69)8-4-16-50-44(48)49)56-40(65)31(20-35(47)60)55-37(62)27(14-15-34(46)59)51-38(63)30(18-23-6-2-1-3-7-23)54-39(64)29(53-36(26)61)19-24-10-12-25(58)13-11-24/h1-3,6-7,10-13,26-33,58H,4-5,8-9,14-22,45H2,(H2,46,59)(H2,47,60)(H,51,63)(H,52,66)(H,53,61)(H,54,64)(H,55,62)(H,56,65)(H,68,69)(H4,48,49,50)/t26-,27-,28-,29?,30-,31?,32+,33+/m0/s1. The number of hydrogen-bond donors (Lipinski definition) is 13. The highest BCUT2D eigenvalue weighted by Gasteiger charge is 2.40. The monoisotopic (exact) mass is 1030 g/mol. The van der Waals surface area contributed by atoms with E-state index in [0.29, 0.717) is 17.5 Å². The number of rotatable bonds is 17. The number of aliphatic carboxylic acids is 1. The van der Waals surface area contributed by atoms with Crippen LogP contribution in [0.3, 0.4) is 0 Å². The molecule has 2 aromatic rings. The molecule has 0 aromatic heterocycles. The summed E-state index contributed by atoms with van der Waals surface area (Å²) in [4.78, 5) is 140. The van der Waals surface area contributed by atoms with E-state index in [2.05, 4.69) is 36.9 Å². The fourth-order valence-electron chi connectivity index (χ4n) is 7.49. The highest BCUT2D eigenvalue weighted by molar-refractivity contribution is 8.76. The first-order valence-electron chi connectivity index (χ1n) is 22.5. The van der Waals surface area contributed by atoms with Crippen molar-refractivity contribution < 1.29 is 58.2 Å². The molecule has 2 saturated heterocycles. The van der Waals surface area contributed by atoms with E-state index in [1.807, 2.05) is 0 Å². The van der Waals surface area contributed by atoms with Crippen LogP contribution in [0.4, 0.5) is 0 Å². The average molecular weight is 1030 g/mol.